The molecule has 0 radical (unpaired) electrons. The third kappa shape index (κ3) is 5.02. The Balaban J connectivity index is 1.62. The van der Waals surface area contributed by atoms with Crippen LogP contribution < -0.4 is 5.32 Å². The van der Waals surface area contributed by atoms with E-state index in [1.165, 1.54) is 32.0 Å². The van der Waals surface area contributed by atoms with Gasteiger partial charge in [0.1, 0.15) is 24.1 Å². The number of amidine groups is 1. The molecule has 0 spiro atoms. The van der Waals surface area contributed by atoms with Crippen LogP contribution in [-0.2, 0) is 19.1 Å². The lowest BCUT2D eigenvalue weighted by Gasteiger charge is -2.51. The number of Topliss-reactive ketones (excluding diaryl/α,β-unsaturated/α-hetero) is 2. The molecule has 1 saturated heterocycles. The minimum Gasteiger partial charge on any atom is -0.394 e. The van der Waals surface area contributed by atoms with E-state index in [4.69, 9.17) is 16.3 Å². The predicted octanol–water partition coefficient (Wildman–Crippen LogP) is 0.587. The van der Waals surface area contributed by atoms with Gasteiger partial charge in [-0.25, -0.2) is 9.98 Å². The molecule has 3 aliphatic rings. The molecular formula is C30H34ClN5O7. The third-order valence-electron chi connectivity index (χ3n) is 8.25. The molecule has 2 aromatic rings. The van der Waals surface area contributed by atoms with E-state index in [9.17, 15) is 29.7 Å². The molecule has 1 fully saturated rings. The fourth-order valence-electron chi connectivity index (χ4n) is 6.03. The van der Waals surface area contributed by atoms with Crippen LogP contribution in [0.15, 0.2) is 70.6 Å². The average molecular weight is 612 g/mol. The second kappa shape index (κ2) is 11.8. The number of aliphatic hydroxyl groups is 3. The van der Waals surface area contributed by atoms with E-state index < -0.39 is 65.4 Å². The van der Waals surface area contributed by atoms with Crippen molar-refractivity contribution in [2.24, 2.45) is 9.98 Å². The average Bonchev–Trinajstić information content (AvgIpc) is 3.51. The first-order valence-corrected chi connectivity index (χ1v) is 14.2. The minimum atomic E-state index is -2.28. The van der Waals surface area contributed by atoms with Gasteiger partial charge in [0.05, 0.1) is 12.9 Å². The number of aliphatic hydroxyl groups excluding tert-OH is 3. The largest absolute Gasteiger partial charge is 0.394 e. The fourth-order valence-corrected chi connectivity index (χ4v) is 6.32. The number of ether oxygens (including phenoxy) is 1. The molecule has 5 unspecified atom stereocenters. The molecule has 5 rings (SSSR count). The van der Waals surface area contributed by atoms with Gasteiger partial charge in [-0.15, -0.1) is 0 Å². The molecule has 7 atom stereocenters. The van der Waals surface area contributed by atoms with Gasteiger partial charge in [-0.05, 0) is 18.1 Å². The highest BCUT2D eigenvalue weighted by molar-refractivity contribution is 6.37. The van der Waals surface area contributed by atoms with Gasteiger partial charge in [-0.2, -0.15) is 0 Å². The topological polar surface area (TPSA) is 164 Å². The van der Waals surface area contributed by atoms with Gasteiger partial charge in [0.25, 0.3) is 5.12 Å². The van der Waals surface area contributed by atoms with E-state index in [0.717, 1.165) is 16.0 Å². The van der Waals surface area contributed by atoms with Crippen LogP contribution >= 0.6 is 11.6 Å². The normalized spacial score (nSPS) is 31.6. The van der Waals surface area contributed by atoms with Crippen molar-refractivity contribution in [1.82, 2.24) is 15.1 Å². The lowest BCUT2D eigenvalue weighted by molar-refractivity contribution is -0.160. The maximum Gasteiger partial charge on any atom is 0.274 e. The summed E-state index contributed by atoms with van der Waals surface area (Å²) in [6, 6.07) is 19.4. The second-order valence-electron chi connectivity index (χ2n) is 10.9. The van der Waals surface area contributed by atoms with Crippen LogP contribution in [0.1, 0.15) is 37.8 Å². The fraction of sp³-hybridized carbons (Fsp3) is 0.433. The van der Waals surface area contributed by atoms with Gasteiger partial charge < -0.3 is 30.3 Å². The Morgan fingerprint density at radius 3 is 2.02 bits per heavy atom. The van der Waals surface area contributed by atoms with E-state index in [1.54, 1.807) is 0 Å². The first-order valence-electron chi connectivity index (χ1n) is 13.9. The summed E-state index contributed by atoms with van der Waals surface area (Å²) in [6.45, 7) is 3.24. The number of amides is 1. The van der Waals surface area contributed by atoms with Gasteiger partial charge >= 0.3 is 0 Å². The van der Waals surface area contributed by atoms with Crippen molar-refractivity contribution in [3.63, 3.8) is 0 Å². The van der Waals surface area contributed by atoms with Crippen molar-refractivity contribution in [2.75, 3.05) is 13.2 Å². The molecule has 12 nitrogen and oxygen atoms in total. The van der Waals surface area contributed by atoms with Crippen LogP contribution in [-0.4, -0.2) is 109 Å². The zero-order chi connectivity index (χ0) is 31.1. The Morgan fingerprint density at radius 1 is 0.977 bits per heavy atom. The van der Waals surface area contributed by atoms with Crippen LogP contribution in [0.2, 0.25) is 0 Å². The molecule has 43 heavy (non-hydrogen) atoms. The van der Waals surface area contributed by atoms with E-state index in [2.05, 4.69) is 15.3 Å². The number of nitrogens with one attached hydrogen (secondary N) is 1. The van der Waals surface area contributed by atoms with Crippen molar-refractivity contribution < 1.29 is 34.4 Å². The summed E-state index contributed by atoms with van der Waals surface area (Å²) in [5, 5.41) is 32.0. The number of aliphatic imine (C=N–C) groups is 2. The molecule has 3 aliphatic heterocycles. The van der Waals surface area contributed by atoms with Crippen molar-refractivity contribution >= 4 is 41.2 Å². The highest BCUT2D eigenvalue weighted by atomic mass is 35.5. The summed E-state index contributed by atoms with van der Waals surface area (Å²) in [5.41, 5.74) is 0.0503. The van der Waals surface area contributed by atoms with Crippen molar-refractivity contribution in [2.45, 2.75) is 68.1 Å². The molecule has 1 amide bonds. The van der Waals surface area contributed by atoms with Crippen LogP contribution in [0.3, 0.4) is 0 Å². The van der Waals surface area contributed by atoms with Crippen molar-refractivity contribution in [3.8, 4) is 0 Å². The van der Waals surface area contributed by atoms with Crippen LogP contribution in [0, 0.1) is 0 Å². The third-order valence-corrected chi connectivity index (χ3v) is 8.78. The summed E-state index contributed by atoms with van der Waals surface area (Å²) < 4.78 is 5.75. The Labute approximate surface area is 253 Å². The smallest absolute Gasteiger partial charge is 0.274 e. The maximum absolute atomic E-state index is 13.7. The first-order chi connectivity index (χ1) is 20.5. The number of nitrogens with zero attached hydrogens (tertiary/aromatic N) is 4. The molecule has 13 heteroatoms. The number of ketones is 2. The van der Waals surface area contributed by atoms with Crippen LogP contribution in [0.5, 0.6) is 0 Å². The molecular weight excluding hydrogens is 578 g/mol. The Hall–Kier alpha value is -3.68. The Bertz CT molecular complexity index is 1400. The van der Waals surface area contributed by atoms with E-state index in [-0.39, 0.29) is 18.3 Å². The van der Waals surface area contributed by atoms with Crippen molar-refractivity contribution in [3.05, 3.63) is 71.8 Å². The molecule has 2 aromatic carbocycles. The zero-order valence-corrected chi connectivity index (χ0v) is 24.6. The number of hydrogen-bond donors (Lipinski definition) is 4. The summed E-state index contributed by atoms with van der Waals surface area (Å²) in [6.07, 6.45) is -5.72. The van der Waals surface area contributed by atoms with E-state index >= 15 is 0 Å². The standard InChI is InChI=1S/C30H34ClN5O7/c1-17(38)29-27(32-14-22(20-10-6-4-7-11-20)21-12-8-5-9-13-21)34-30(31,18(2)39)36(19(3)40)28(29)35(16-33-29)26-25(42)24(41)23(15-37)43-26/h4-13,16,22-26,28,37,41-42H,14-15H2,1-3H3,(H,32,34)/t23-,24?,25?,26-,28?,29?,30?/m1/s1. The maximum atomic E-state index is 13.7. The quantitative estimate of drug-likeness (QED) is 0.247. The summed E-state index contributed by atoms with van der Waals surface area (Å²) >= 11 is 6.88. The summed E-state index contributed by atoms with van der Waals surface area (Å²) in [4.78, 5) is 51.2. The number of benzene rings is 2. The zero-order valence-electron chi connectivity index (χ0n) is 23.9. The van der Waals surface area contributed by atoms with Gasteiger partial charge in [-0.3, -0.25) is 19.3 Å². The number of alkyl halides is 1. The molecule has 0 aliphatic carbocycles. The highest BCUT2D eigenvalue weighted by Gasteiger charge is 2.67. The van der Waals surface area contributed by atoms with E-state index in [1.807, 2.05) is 60.7 Å². The van der Waals surface area contributed by atoms with Crippen LogP contribution in [0.4, 0.5) is 0 Å². The Kier molecular flexibility index (Phi) is 8.43. The summed E-state index contributed by atoms with van der Waals surface area (Å²) in [5.74, 6) is -2.19. The number of carbonyl (C=O) groups is 3. The monoisotopic (exact) mass is 611 g/mol. The number of fused-ring (bicyclic) bond motifs is 1. The molecule has 0 saturated carbocycles. The molecule has 4 N–H and O–H groups in total. The summed E-state index contributed by atoms with van der Waals surface area (Å²) in [7, 11) is 0. The number of carbonyl (C=O) groups excluding carboxylic acids is 3. The number of hydrogen-bond acceptors (Lipinski definition) is 11. The number of rotatable bonds is 8. The molecule has 0 bridgehead atoms. The molecule has 228 valence electrons. The predicted molar refractivity (Wildman–Crippen MR) is 157 cm³/mol. The second-order valence-corrected chi connectivity index (χ2v) is 11.4. The van der Waals surface area contributed by atoms with Gasteiger partial charge in [0, 0.05) is 26.3 Å². The first kappa shape index (κ1) is 30.8. The van der Waals surface area contributed by atoms with E-state index in [0.29, 0.717) is 0 Å². The lowest BCUT2D eigenvalue weighted by atomic mass is 9.85. The number of halogens is 1. The SMILES string of the molecule is CC(=O)N1C2N([C@@H]3O[C@H](CO)C(O)C3O)C=NC2(C(C)=O)C(NCC(c2ccccc2)c2ccccc2)=NC1(Cl)C(C)=O. The van der Waals surface area contributed by atoms with Gasteiger partial charge in [0.15, 0.2) is 24.0 Å². The molecule has 3 heterocycles. The Morgan fingerprint density at radius 2 is 1.56 bits per heavy atom. The van der Waals surface area contributed by atoms with Gasteiger partial charge in [-0.1, -0.05) is 72.3 Å². The molecule has 0 aromatic heterocycles. The highest BCUT2D eigenvalue weighted by Crippen LogP contribution is 2.44. The van der Waals surface area contributed by atoms with Gasteiger partial charge in [0.2, 0.25) is 11.4 Å². The van der Waals surface area contributed by atoms with Crippen molar-refractivity contribution in [1.29, 1.82) is 0 Å². The minimum absolute atomic E-state index is 0.0462. The van der Waals surface area contributed by atoms with Crippen LogP contribution in [0.25, 0.3) is 0 Å². The lowest BCUT2D eigenvalue weighted by Crippen LogP contribution is -2.76.